The van der Waals surface area contributed by atoms with Crippen LogP contribution in [-0.4, -0.2) is 18.6 Å². The van der Waals surface area contributed by atoms with E-state index in [0.29, 0.717) is 12.1 Å². The van der Waals surface area contributed by atoms with Gasteiger partial charge in [0.25, 0.3) is 0 Å². The average Bonchev–Trinajstić information content (AvgIpc) is 2.67. The molecule has 2 nitrogen and oxygen atoms in total. The molecule has 17 heavy (non-hydrogen) atoms. The summed E-state index contributed by atoms with van der Waals surface area (Å²) in [5, 5.41) is 7.13. The molecule has 3 heteroatoms. The molecule has 2 unspecified atom stereocenters. The molecule has 1 heterocycles. The number of hydrogen-bond donors (Lipinski definition) is 2. The maximum atomic E-state index is 3.58. The highest BCUT2D eigenvalue weighted by atomic mass is 79.9. The normalized spacial score (nSPS) is 21.5. The van der Waals surface area contributed by atoms with Gasteiger partial charge in [-0.1, -0.05) is 15.9 Å². The highest BCUT2D eigenvalue weighted by Gasteiger charge is 2.16. The molecule has 1 aliphatic heterocycles. The van der Waals surface area contributed by atoms with Gasteiger partial charge in [0.15, 0.2) is 0 Å². The third kappa shape index (κ3) is 4.00. The first-order valence-corrected chi connectivity index (χ1v) is 7.20. The first-order chi connectivity index (χ1) is 8.13. The third-order valence-electron chi connectivity index (χ3n) is 3.26. The minimum atomic E-state index is 0.513. The Morgan fingerprint density at radius 3 is 2.94 bits per heavy atom. The summed E-state index contributed by atoms with van der Waals surface area (Å²) in [6.07, 6.45) is 3.85. The quantitative estimate of drug-likeness (QED) is 0.885. The summed E-state index contributed by atoms with van der Waals surface area (Å²) in [4.78, 5) is 0. The molecule has 0 aromatic heterocycles. The third-order valence-corrected chi connectivity index (χ3v) is 3.71. The molecular formula is C14H21BrN2. The first kappa shape index (κ1) is 12.9. The molecule has 0 aliphatic carbocycles. The van der Waals surface area contributed by atoms with E-state index in [4.69, 9.17) is 0 Å². The van der Waals surface area contributed by atoms with E-state index >= 15 is 0 Å². The van der Waals surface area contributed by atoms with Crippen LogP contribution in [0.1, 0.15) is 31.7 Å². The lowest BCUT2D eigenvalue weighted by atomic mass is 10.1. The number of halogens is 1. The van der Waals surface area contributed by atoms with Crippen molar-refractivity contribution < 1.29 is 0 Å². The summed E-state index contributed by atoms with van der Waals surface area (Å²) in [6, 6.07) is 7.69. The van der Waals surface area contributed by atoms with Gasteiger partial charge in [0.2, 0.25) is 0 Å². The highest BCUT2D eigenvalue weighted by Crippen LogP contribution is 2.21. The van der Waals surface area contributed by atoms with E-state index in [9.17, 15) is 0 Å². The molecule has 0 amide bonds. The van der Waals surface area contributed by atoms with Crippen molar-refractivity contribution in [1.82, 2.24) is 5.32 Å². The Hall–Kier alpha value is -0.540. The number of anilines is 1. The molecule has 2 atom stereocenters. The van der Waals surface area contributed by atoms with E-state index in [2.05, 4.69) is 58.6 Å². The van der Waals surface area contributed by atoms with E-state index in [1.165, 1.54) is 37.1 Å². The zero-order valence-electron chi connectivity index (χ0n) is 10.6. The van der Waals surface area contributed by atoms with Crippen LogP contribution in [0.15, 0.2) is 22.7 Å². The summed E-state index contributed by atoms with van der Waals surface area (Å²) >= 11 is 3.54. The SMILES string of the molecule is Cc1cc(Br)cc(NC(C)CC2CCCN2)c1. The van der Waals surface area contributed by atoms with Crippen LogP contribution in [0.25, 0.3) is 0 Å². The van der Waals surface area contributed by atoms with Gasteiger partial charge < -0.3 is 10.6 Å². The maximum Gasteiger partial charge on any atom is 0.0356 e. The molecule has 1 aromatic rings. The van der Waals surface area contributed by atoms with Gasteiger partial charge in [-0.15, -0.1) is 0 Å². The van der Waals surface area contributed by atoms with Gasteiger partial charge >= 0.3 is 0 Å². The largest absolute Gasteiger partial charge is 0.382 e. The van der Waals surface area contributed by atoms with Gasteiger partial charge in [-0.25, -0.2) is 0 Å². The van der Waals surface area contributed by atoms with Crippen molar-refractivity contribution in [2.75, 3.05) is 11.9 Å². The number of nitrogens with one attached hydrogen (secondary N) is 2. The van der Waals surface area contributed by atoms with E-state index in [0.717, 1.165) is 4.47 Å². The molecule has 94 valence electrons. The molecule has 0 radical (unpaired) electrons. The van der Waals surface area contributed by atoms with Crippen molar-refractivity contribution in [2.24, 2.45) is 0 Å². The molecule has 2 N–H and O–H groups in total. The lowest BCUT2D eigenvalue weighted by Gasteiger charge is -2.19. The smallest absolute Gasteiger partial charge is 0.0356 e. The Balaban J connectivity index is 1.90. The highest BCUT2D eigenvalue weighted by molar-refractivity contribution is 9.10. The zero-order chi connectivity index (χ0) is 12.3. The van der Waals surface area contributed by atoms with E-state index in [-0.39, 0.29) is 0 Å². The second-order valence-corrected chi connectivity index (χ2v) is 6.01. The van der Waals surface area contributed by atoms with Gasteiger partial charge in [0.05, 0.1) is 0 Å². The van der Waals surface area contributed by atoms with Gasteiger partial charge in [-0.3, -0.25) is 0 Å². The minimum Gasteiger partial charge on any atom is -0.382 e. The fourth-order valence-corrected chi connectivity index (χ4v) is 3.16. The van der Waals surface area contributed by atoms with Crippen molar-refractivity contribution in [1.29, 1.82) is 0 Å². The first-order valence-electron chi connectivity index (χ1n) is 6.40. The summed E-state index contributed by atoms with van der Waals surface area (Å²) in [5.74, 6) is 0. The Labute approximate surface area is 112 Å². The Kier molecular flexibility index (Phi) is 4.46. The van der Waals surface area contributed by atoms with Gasteiger partial charge in [-0.2, -0.15) is 0 Å². The number of aryl methyl sites for hydroxylation is 1. The average molecular weight is 297 g/mol. The second kappa shape index (κ2) is 5.87. The molecule has 1 saturated heterocycles. The van der Waals surface area contributed by atoms with Crippen molar-refractivity contribution in [3.8, 4) is 0 Å². The molecule has 0 spiro atoms. The predicted octanol–water partition coefficient (Wildman–Crippen LogP) is 3.70. The minimum absolute atomic E-state index is 0.513. The fourth-order valence-electron chi connectivity index (χ4n) is 2.55. The van der Waals surface area contributed by atoms with Crippen LogP contribution in [0.4, 0.5) is 5.69 Å². The number of rotatable bonds is 4. The molecule has 2 rings (SSSR count). The van der Waals surface area contributed by atoms with Crippen LogP contribution in [0.2, 0.25) is 0 Å². The van der Waals surface area contributed by atoms with Crippen molar-refractivity contribution >= 4 is 21.6 Å². The van der Waals surface area contributed by atoms with Gasteiger partial charge in [-0.05, 0) is 63.4 Å². The standard InChI is InChI=1S/C14H21BrN2/c1-10-6-12(15)9-14(7-10)17-11(2)8-13-4-3-5-16-13/h6-7,9,11,13,16-17H,3-5,8H2,1-2H3. The summed E-state index contributed by atoms with van der Waals surface area (Å²) in [5.41, 5.74) is 2.50. The lowest BCUT2D eigenvalue weighted by molar-refractivity contribution is 0.523. The molecular weight excluding hydrogens is 276 g/mol. The fraction of sp³-hybridized carbons (Fsp3) is 0.571. The van der Waals surface area contributed by atoms with Crippen molar-refractivity contribution in [2.45, 2.75) is 45.2 Å². The topological polar surface area (TPSA) is 24.1 Å². The zero-order valence-corrected chi connectivity index (χ0v) is 12.2. The van der Waals surface area contributed by atoms with Crippen LogP contribution >= 0.6 is 15.9 Å². The maximum absolute atomic E-state index is 3.58. The summed E-state index contributed by atoms with van der Waals surface area (Å²) in [6.45, 7) is 5.57. The van der Waals surface area contributed by atoms with Crippen LogP contribution in [0, 0.1) is 6.92 Å². The molecule has 0 saturated carbocycles. The molecule has 1 aliphatic rings. The van der Waals surface area contributed by atoms with Crippen LogP contribution in [0.3, 0.4) is 0 Å². The van der Waals surface area contributed by atoms with Crippen LogP contribution in [0.5, 0.6) is 0 Å². The van der Waals surface area contributed by atoms with Gasteiger partial charge in [0.1, 0.15) is 0 Å². The summed E-state index contributed by atoms with van der Waals surface area (Å²) in [7, 11) is 0. The van der Waals surface area contributed by atoms with Crippen molar-refractivity contribution in [3.63, 3.8) is 0 Å². The lowest BCUT2D eigenvalue weighted by Crippen LogP contribution is -2.29. The number of hydrogen-bond acceptors (Lipinski definition) is 2. The van der Waals surface area contributed by atoms with E-state index in [1.807, 2.05) is 0 Å². The van der Waals surface area contributed by atoms with Crippen molar-refractivity contribution in [3.05, 3.63) is 28.2 Å². The predicted molar refractivity (Wildman–Crippen MR) is 77.6 cm³/mol. The second-order valence-electron chi connectivity index (χ2n) is 5.09. The van der Waals surface area contributed by atoms with E-state index in [1.54, 1.807) is 0 Å². The van der Waals surface area contributed by atoms with Crippen LogP contribution < -0.4 is 10.6 Å². The Morgan fingerprint density at radius 2 is 2.29 bits per heavy atom. The summed E-state index contributed by atoms with van der Waals surface area (Å²) < 4.78 is 1.14. The Morgan fingerprint density at radius 1 is 1.47 bits per heavy atom. The van der Waals surface area contributed by atoms with Crippen LogP contribution in [-0.2, 0) is 0 Å². The van der Waals surface area contributed by atoms with Gasteiger partial charge in [0, 0.05) is 22.2 Å². The molecule has 0 bridgehead atoms. The molecule has 1 fully saturated rings. The monoisotopic (exact) mass is 296 g/mol. The number of benzene rings is 1. The molecule has 1 aromatic carbocycles. The Bertz CT molecular complexity index is 352. The van der Waals surface area contributed by atoms with E-state index < -0.39 is 0 Å².